The van der Waals surface area contributed by atoms with Crippen LogP contribution in [0.3, 0.4) is 0 Å². The molecule has 3 heteroatoms. The van der Waals surface area contributed by atoms with E-state index in [1.807, 2.05) is 6.92 Å². The summed E-state index contributed by atoms with van der Waals surface area (Å²) in [5.74, 6) is -0.131. The van der Waals surface area contributed by atoms with Gasteiger partial charge in [-0.3, -0.25) is 4.79 Å². The van der Waals surface area contributed by atoms with Crippen molar-refractivity contribution in [2.75, 3.05) is 13.7 Å². The quantitative estimate of drug-likeness (QED) is 0.486. The van der Waals surface area contributed by atoms with E-state index in [4.69, 9.17) is 4.74 Å². The SMILES string of the molecule is CCCCOC(=O)C(CC)NC. The molecule has 1 N–H and O–H groups in total. The lowest BCUT2D eigenvalue weighted by Gasteiger charge is -2.12. The molecule has 0 heterocycles. The van der Waals surface area contributed by atoms with Gasteiger partial charge in [0.05, 0.1) is 6.61 Å². The lowest BCUT2D eigenvalue weighted by Crippen LogP contribution is -2.34. The third kappa shape index (κ3) is 4.34. The first-order chi connectivity index (χ1) is 5.76. The molecular formula is C9H19NO2. The molecule has 1 unspecified atom stereocenters. The molecule has 0 aliphatic heterocycles. The Labute approximate surface area is 74.5 Å². The van der Waals surface area contributed by atoms with Gasteiger partial charge in [-0.05, 0) is 19.9 Å². The fourth-order valence-electron chi connectivity index (χ4n) is 0.906. The van der Waals surface area contributed by atoms with Gasteiger partial charge in [-0.1, -0.05) is 20.3 Å². The van der Waals surface area contributed by atoms with E-state index in [1.54, 1.807) is 7.05 Å². The number of rotatable bonds is 6. The van der Waals surface area contributed by atoms with Crippen molar-refractivity contribution in [1.29, 1.82) is 0 Å². The van der Waals surface area contributed by atoms with Crippen molar-refractivity contribution in [2.24, 2.45) is 0 Å². The van der Waals surface area contributed by atoms with Gasteiger partial charge in [-0.2, -0.15) is 0 Å². The van der Waals surface area contributed by atoms with Crippen molar-refractivity contribution in [2.45, 2.75) is 39.2 Å². The van der Waals surface area contributed by atoms with E-state index in [-0.39, 0.29) is 12.0 Å². The zero-order valence-electron chi connectivity index (χ0n) is 8.22. The van der Waals surface area contributed by atoms with Crippen LogP contribution in [0.4, 0.5) is 0 Å². The first-order valence-corrected chi connectivity index (χ1v) is 4.60. The average Bonchev–Trinajstić information content (AvgIpc) is 2.07. The molecule has 0 spiro atoms. The van der Waals surface area contributed by atoms with E-state index in [0.717, 1.165) is 19.3 Å². The Morgan fingerprint density at radius 2 is 2.17 bits per heavy atom. The Hall–Kier alpha value is -0.570. The number of carbonyl (C=O) groups excluding carboxylic acids is 1. The minimum Gasteiger partial charge on any atom is -0.465 e. The summed E-state index contributed by atoms with van der Waals surface area (Å²) in [6.45, 7) is 4.58. The summed E-state index contributed by atoms with van der Waals surface area (Å²) in [5, 5.41) is 2.90. The maximum absolute atomic E-state index is 11.2. The van der Waals surface area contributed by atoms with Crippen molar-refractivity contribution < 1.29 is 9.53 Å². The van der Waals surface area contributed by atoms with Crippen molar-refractivity contribution in [3.63, 3.8) is 0 Å². The van der Waals surface area contributed by atoms with Crippen LogP contribution >= 0.6 is 0 Å². The molecule has 12 heavy (non-hydrogen) atoms. The summed E-state index contributed by atoms with van der Waals surface area (Å²) >= 11 is 0. The number of likely N-dealkylation sites (N-methyl/N-ethyl adjacent to an activating group) is 1. The van der Waals surface area contributed by atoms with Crippen LogP contribution in [0, 0.1) is 0 Å². The second kappa shape index (κ2) is 7.10. The molecule has 0 aromatic heterocycles. The van der Waals surface area contributed by atoms with Crippen molar-refractivity contribution in [1.82, 2.24) is 5.32 Å². The Balaban J connectivity index is 3.54. The van der Waals surface area contributed by atoms with Gasteiger partial charge in [0, 0.05) is 0 Å². The van der Waals surface area contributed by atoms with Gasteiger partial charge in [-0.25, -0.2) is 0 Å². The molecule has 0 radical (unpaired) electrons. The summed E-state index contributed by atoms with van der Waals surface area (Å²) in [4.78, 5) is 11.2. The standard InChI is InChI=1S/C9H19NO2/c1-4-6-7-12-9(11)8(5-2)10-3/h8,10H,4-7H2,1-3H3. The number of hydrogen-bond acceptors (Lipinski definition) is 3. The van der Waals surface area contributed by atoms with Gasteiger partial charge in [-0.15, -0.1) is 0 Å². The zero-order chi connectivity index (χ0) is 9.40. The Morgan fingerprint density at radius 3 is 2.58 bits per heavy atom. The minimum atomic E-state index is -0.137. The summed E-state index contributed by atoms with van der Waals surface area (Å²) in [5.41, 5.74) is 0. The summed E-state index contributed by atoms with van der Waals surface area (Å²) in [6, 6.07) is -0.137. The average molecular weight is 173 g/mol. The van der Waals surface area contributed by atoms with Gasteiger partial charge in [0.15, 0.2) is 0 Å². The van der Waals surface area contributed by atoms with Crippen LogP contribution in [0.15, 0.2) is 0 Å². The van der Waals surface area contributed by atoms with E-state index < -0.39 is 0 Å². The van der Waals surface area contributed by atoms with Gasteiger partial charge in [0.1, 0.15) is 6.04 Å². The zero-order valence-corrected chi connectivity index (χ0v) is 8.22. The molecule has 3 nitrogen and oxygen atoms in total. The van der Waals surface area contributed by atoms with E-state index in [2.05, 4.69) is 12.2 Å². The fourth-order valence-corrected chi connectivity index (χ4v) is 0.906. The molecule has 0 saturated carbocycles. The molecule has 0 rings (SSSR count). The van der Waals surface area contributed by atoms with Crippen molar-refractivity contribution >= 4 is 5.97 Å². The molecule has 0 amide bonds. The van der Waals surface area contributed by atoms with Gasteiger partial charge < -0.3 is 10.1 Å². The summed E-state index contributed by atoms with van der Waals surface area (Å²) in [6.07, 6.45) is 2.79. The number of nitrogens with one attached hydrogen (secondary N) is 1. The number of hydrogen-bond donors (Lipinski definition) is 1. The molecule has 72 valence electrons. The maximum atomic E-state index is 11.2. The minimum absolute atomic E-state index is 0.131. The lowest BCUT2D eigenvalue weighted by atomic mass is 10.2. The van der Waals surface area contributed by atoms with E-state index >= 15 is 0 Å². The number of carbonyl (C=O) groups is 1. The van der Waals surface area contributed by atoms with Crippen LogP contribution in [0.5, 0.6) is 0 Å². The first kappa shape index (κ1) is 11.4. The Kier molecular flexibility index (Phi) is 6.76. The molecular weight excluding hydrogens is 154 g/mol. The highest BCUT2D eigenvalue weighted by atomic mass is 16.5. The van der Waals surface area contributed by atoms with Crippen LogP contribution in [-0.4, -0.2) is 25.7 Å². The largest absolute Gasteiger partial charge is 0.465 e. The Bertz CT molecular complexity index is 122. The van der Waals surface area contributed by atoms with Gasteiger partial charge in [0.2, 0.25) is 0 Å². The highest BCUT2D eigenvalue weighted by Crippen LogP contribution is 1.95. The predicted molar refractivity (Wildman–Crippen MR) is 49.0 cm³/mol. The summed E-state index contributed by atoms with van der Waals surface area (Å²) in [7, 11) is 1.77. The van der Waals surface area contributed by atoms with Gasteiger partial charge >= 0.3 is 5.97 Å². The van der Waals surface area contributed by atoms with Crippen molar-refractivity contribution in [3.8, 4) is 0 Å². The van der Waals surface area contributed by atoms with Crippen molar-refractivity contribution in [3.05, 3.63) is 0 Å². The fraction of sp³-hybridized carbons (Fsp3) is 0.889. The third-order valence-electron chi connectivity index (χ3n) is 1.78. The van der Waals surface area contributed by atoms with E-state index in [0.29, 0.717) is 6.61 Å². The highest BCUT2D eigenvalue weighted by molar-refractivity contribution is 5.75. The molecule has 0 aromatic rings. The number of esters is 1. The van der Waals surface area contributed by atoms with Crippen LogP contribution in [0.1, 0.15) is 33.1 Å². The van der Waals surface area contributed by atoms with Crippen LogP contribution < -0.4 is 5.32 Å². The maximum Gasteiger partial charge on any atom is 0.323 e. The second-order valence-corrected chi connectivity index (χ2v) is 2.77. The molecule has 0 saturated heterocycles. The molecule has 0 aliphatic carbocycles. The molecule has 0 aromatic carbocycles. The monoisotopic (exact) mass is 173 g/mol. The second-order valence-electron chi connectivity index (χ2n) is 2.77. The molecule has 1 atom stereocenters. The van der Waals surface area contributed by atoms with E-state index in [1.165, 1.54) is 0 Å². The summed E-state index contributed by atoms with van der Waals surface area (Å²) < 4.78 is 5.02. The first-order valence-electron chi connectivity index (χ1n) is 4.60. The normalized spacial score (nSPS) is 12.6. The highest BCUT2D eigenvalue weighted by Gasteiger charge is 2.14. The van der Waals surface area contributed by atoms with Crippen LogP contribution in [0.2, 0.25) is 0 Å². The molecule has 0 fully saturated rings. The number of unbranched alkanes of at least 4 members (excludes halogenated alkanes) is 1. The van der Waals surface area contributed by atoms with Crippen LogP contribution in [-0.2, 0) is 9.53 Å². The smallest absolute Gasteiger partial charge is 0.323 e. The third-order valence-corrected chi connectivity index (χ3v) is 1.78. The topological polar surface area (TPSA) is 38.3 Å². The van der Waals surface area contributed by atoms with Crippen LogP contribution in [0.25, 0.3) is 0 Å². The molecule has 0 aliphatic rings. The predicted octanol–water partition coefficient (Wildman–Crippen LogP) is 1.33. The molecule has 0 bridgehead atoms. The lowest BCUT2D eigenvalue weighted by molar-refractivity contribution is -0.146. The van der Waals surface area contributed by atoms with Gasteiger partial charge in [0.25, 0.3) is 0 Å². The van der Waals surface area contributed by atoms with E-state index in [9.17, 15) is 4.79 Å². The number of ether oxygens (including phenoxy) is 1. The Morgan fingerprint density at radius 1 is 1.50 bits per heavy atom.